The molecule has 27 heavy (non-hydrogen) atoms. The fourth-order valence-electron chi connectivity index (χ4n) is 3.34. The Morgan fingerprint density at radius 2 is 1.93 bits per heavy atom. The van der Waals surface area contributed by atoms with Gasteiger partial charge < -0.3 is 14.7 Å². The fourth-order valence-corrected chi connectivity index (χ4v) is 4.85. The molecule has 0 fully saturated rings. The Balaban J connectivity index is 2.20. The second-order valence-electron chi connectivity index (χ2n) is 7.05. The van der Waals surface area contributed by atoms with Crippen LogP contribution in [0.25, 0.3) is 20.2 Å². The average Bonchev–Trinajstić information content (AvgIpc) is 2.63. The van der Waals surface area contributed by atoms with Crippen molar-refractivity contribution in [1.29, 1.82) is 0 Å². The molecule has 3 rings (SSSR count). The van der Waals surface area contributed by atoms with Crippen LogP contribution in [-0.2, 0) is 5.88 Å². The molecule has 1 atom stereocenters. The maximum atomic E-state index is 13.2. The Morgan fingerprint density at radius 3 is 2.59 bits per heavy atom. The van der Waals surface area contributed by atoms with Crippen LogP contribution < -0.4 is 10.2 Å². The van der Waals surface area contributed by atoms with E-state index < -0.39 is 6.10 Å². The van der Waals surface area contributed by atoms with Gasteiger partial charge in [-0.15, -0.1) is 22.9 Å². The lowest BCUT2D eigenvalue weighted by Gasteiger charge is -2.21. The molecule has 0 radical (unpaired) electrons. The number of alkyl halides is 1. The van der Waals surface area contributed by atoms with Crippen molar-refractivity contribution in [2.45, 2.75) is 25.8 Å². The Hall–Kier alpha value is -1.66. The van der Waals surface area contributed by atoms with Gasteiger partial charge in [0.05, 0.1) is 5.88 Å². The summed E-state index contributed by atoms with van der Waals surface area (Å²) in [4.78, 5) is 15.1. The van der Waals surface area contributed by atoms with Crippen molar-refractivity contribution in [3.05, 3.63) is 51.2 Å². The molecule has 0 amide bonds. The summed E-state index contributed by atoms with van der Waals surface area (Å²) >= 11 is 7.88. The Labute approximate surface area is 167 Å². The van der Waals surface area contributed by atoms with E-state index in [9.17, 15) is 9.90 Å². The summed E-state index contributed by atoms with van der Waals surface area (Å²) in [5.41, 5.74) is 2.67. The van der Waals surface area contributed by atoms with E-state index in [1.807, 2.05) is 57.1 Å². The first kappa shape index (κ1) is 20.1. The number of benzene rings is 2. The summed E-state index contributed by atoms with van der Waals surface area (Å²) in [5.74, 6) is 0.796. The van der Waals surface area contributed by atoms with E-state index in [0.717, 1.165) is 20.5 Å². The molecule has 0 bridgehead atoms. The number of aryl methyl sites for hydroxylation is 1. The van der Waals surface area contributed by atoms with Gasteiger partial charge in [0.25, 0.3) is 0 Å². The van der Waals surface area contributed by atoms with Crippen molar-refractivity contribution in [2.24, 2.45) is 0 Å². The first-order valence-corrected chi connectivity index (χ1v) is 10.2. The van der Waals surface area contributed by atoms with Gasteiger partial charge in [0.15, 0.2) is 5.43 Å². The molecule has 4 nitrogen and oxygen atoms in total. The Morgan fingerprint density at radius 1 is 1.22 bits per heavy atom. The number of halogens is 1. The Kier molecular flexibility index (Phi) is 6.06. The van der Waals surface area contributed by atoms with Gasteiger partial charge in [0.1, 0.15) is 18.5 Å². The van der Waals surface area contributed by atoms with Gasteiger partial charge in [-0.3, -0.25) is 4.79 Å². The van der Waals surface area contributed by atoms with E-state index in [1.54, 1.807) is 11.3 Å². The monoisotopic (exact) mass is 405 g/mol. The lowest BCUT2D eigenvalue weighted by Crippen LogP contribution is -2.31. The zero-order valence-corrected chi connectivity index (χ0v) is 17.6. The van der Waals surface area contributed by atoms with Crippen molar-refractivity contribution >= 4 is 43.1 Å². The highest BCUT2D eigenvalue weighted by atomic mass is 35.5. The van der Waals surface area contributed by atoms with E-state index in [4.69, 9.17) is 16.3 Å². The maximum absolute atomic E-state index is 13.2. The van der Waals surface area contributed by atoms with E-state index >= 15 is 0 Å². The van der Waals surface area contributed by atoms with E-state index in [-0.39, 0.29) is 17.9 Å². The zero-order valence-electron chi connectivity index (χ0n) is 16.0. The molecule has 6 heteroatoms. The summed E-state index contributed by atoms with van der Waals surface area (Å²) < 4.78 is 7.90. The minimum absolute atomic E-state index is 0.0169. The minimum atomic E-state index is -0.621. The molecule has 1 aromatic heterocycles. The first-order valence-electron chi connectivity index (χ1n) is 8.84. The molecule has 2 aromatic carbocycles. The highest BCUT2D eigenvalue weighted by Crippen LogP contribution is 2.38. The first-order chi connectivity index (χ1) is 12.8. The lowest BCUT2D eigenvalue weighted by molar-refractivity contribution is 0.0825. The number of nitrogens with zero attached hydrogens (tertiary/aromatic N) is 1. The van der Waals surface area contributed by atoms with Gasteiger partial charge in [-0.25, -0.2) is 0 Å². The van der Waals surface area contributed by atoms with Gasteiger partial charge in [0, 0.05) is 32.3 Å². The van der Waals surface area contributed by atoms with Gasteiger partial charge >= 0.3 is 0 Å². The van der Waals surface area contributed by atoms with Crippen LogP contribution in [0.3, 0.4) is 0 Å². The van der Waals surface area contributed by atoms with Crippen molar-refractivity contribution in [1.82, 2.24) is 4.90 Å². The molecule has 1 unspecified atom stereocenters. The minimum Gasteiger partial charge on any atom is -0.490 e. The molecule has 0 saturated heterocycles. The normalized spacial score (nSPS) is 12.9. The number of fused-ring (bicyclic) bond motifs is 2. The predicted octanol–water partition coefficient (Wildman–Crippen LogP) is 4.07. The van der Waals surface area contributed by atoms with Crippen LogP contribution in [0.5, 0.6) is 5.75 Å². The summed E-state index contributed by atoms with van der Waals surface area (Å²) in [6.07, 6.45) is -0.621. The van der Waals surface area contributed by atoms with Crippen LogP contribution in [0.4, 0.5) is 0 Å². The van der Waals surface area contributed by atoms with Crippen LogP contribution in [0.1, 0.15) is 16.7 Å². The molecular weight excluding hydrogens is 382 g/mol. The van der Waals surface area contributed by atoms with E-state index in [1.165, 1.54) is 0 Å². The third-order valence-electron chi connectivity index (χ3n) is 4.75. The molecule has 0 aliphatic rings. The van der Waals surface area contributed by atoms with Gasteiger partial charge in [-0.2, -0.15) is 0 Å². The third kappa shape index (κ3) is 3.83. The quantitative estimate of drug-likeness (QED) is 0.496. The van der Waals surface area contributed by atoms with Crippen molar-refractivity contribution in [3.63, 3.8) is 0 Å². The van der Waals surface area contributed by atoms with Crippen molar-refractivity contribution < 1.29 is 9.84 Å². The van der Waals surface area contributed by atoms with Crippen LogP contribution in [0, 0.1) is 13.8 Å². The maximum Gasteiger partial charge on any atom is 0.196 e. The molecule has 0 aliphatic carbocycles. The summed E-state index contributed by atoms with van der Waals surface area (Å²) in [6, 6.07) is 7.64. The SMILES string of the molecule is Cc1c(OCC(O)CN(C)C)c(CCl)c2c(=O)c3ccccc3sc2c1C. The van der Waals surface area contributed by atoms with Crippen LogP contribution in [-0.4, -0.2) is 43.4 Å². The van der Waals surface area contributed by atoms with Crippen LogP contribution in [0.2, 0.25) is 0 Å². The summed E-state index contributed by atoms with van der Waals surface area (Å²) in [6.45, 7) is 4.63. The number of hydrogen-bond acceptors (Lipinski definition) is 5. The molecular formula is C21H24ClNO3S. The van der Waals surface area contributed by atoms with Crippen molar-refractivity contribution in [3.8, 4) is 5.75 Å². The number of aliphatic hydroxyl groups excluding tert-OH is 1. The molecule has 1 N–H and O–H groups in total. The van der Waals surface area contributed by atoms with Crippen LogP contribution >= 0.6 is 22.9 Å². The Bertz CT molecular complexity index is 1050. The molecule has 0 aliphatic heterocycles. The summed E-state index contributed by atoms with van der Waals surface area (Å²) in [7, 11) is 3.80. The predicted molar refractivity (Wildman–Crippen MR) is 115 cm³/mol. The van der Waals surface area contributed by atoms with Gasteiger partial charge in [-0.05, 0) is 51.2 Å². The average molecular weight is 406 g/mol. The number of rotatable bonds is 6. The van der Waals surface area contributed by atoms with E-state index in [2.05, 4.69) is 0 Å². The second kappa shape index (κ2) is 8.15. The standard InChI is InChI=1S/C21H24ClNO3S/c1-12-13(2)21-18(19(25)15-7-5-6-8-17(15)27-21)16(9-22)20(12)26-11-14(24)10-23(3)4/h5-8,14,24H,9-11H2,1-4H3. The molecule has 1 heterocycles. The van der Waals surface area contributed by atoms with Crippen LogP contribution in [0.15, 0.2) is 29.1 Å². The number of likely N-dealkylation sites (N-methyl/N-ethyl adjacent to an activating group) is 1. The van der Waals surface area contributed by atoms with E-state index in [0.29, 0.717) is 28.6 Å². The fraction of sp³-hybridized carbons (Fsp3) is 0.381. The highest BCUT2D eigenvalue weighted by Gasteiger charge is 2.20. The molecule has 0 saturated carbocycles. The topological polar surface area (TPSA) is 49.8 Å². The lowest BCUT2D eigenvalue weighted by atomic mass is 9.99. The summed E-state index contributed by atoms with van der Waals surface area (Å²) in [5, 5.41) is 11.5. The second-order valence-corrected chi connectivity index (χ2v) is 8.37. The smallest absolute Gasteiger partial charge is 0.196 e. The molecule has 3 aromatic rings. The molecule has 144 valence electrons. The third-order valence-corrected chi connectivity index (χ3v) is 6.30. The van der Waals surface area contributed by atoms with Gasteiger partial charge in [-0.1, -0.05) is 12.1 Å². The van der Waals surface area contributed by atoms with Crippen molar-refractivity contribution in [2.75, 3.05) is 27.2 Å². The van der Waals surface area contributed by atoms with Gasteiger partial charge in [0.2, 0.25) is 0 Å². The number of hydrogen-bond donors (Lipinski definition) is 1. The highest BCUT2D eigenvalue weighted by molar-refractivity contribution is 7.24. The largest absolute Gasteiger partial charge is 0.490 e. The number of aliphatic hydroxyl groups is 1. The zero-order chi connectivity index (χ0) is 19.7. The number of ether oxygens (including phenoxy) is 1. The molecule has 0 spiro atoms.